The Morgan fingerprint density at radius 1 is 1.05 bits per heavy atom. The van der Waals surface area contributed by atoms with Crippen molar-refractivity contribution in [2.45, 2.75) is 57.8 Å². The fourth-order valence-corrected chi connectivity index (χ4v) is 4.56. The first-order valence-corrected chi connectivity index (χ1v) is 8.09. The number of rotatable bonds is 4. The quantitative estimate of drug-likeness (QED) is 0.806. The molecule has 0 aromatic heterocycles. The third-order valence-corrected chi connectivity index (χ3v) is 5.62. The van der Waals surface area contributed by atoms with E-state index < -0.39 is 11.4 Å². The van der Waals surface area contributed by atoms with Crippen LogP contribution in [-0.4, -0.2) is 34.3 Å². The molecule has 3 rings (SSSR count). The Morgan fingerprint density at radius 3 is 2.14 bits per heavy atom. The number of carboxylic acid groups (broad SMARTS) is 1. The van der Waals surface area contributed by atoms with Crippen molar-refractivity contribution in [3.8, 4) is 0 Å². The van der Waals surface area contributed by atoms with Crippen LogP contribution in [0.3, 0.4) is 0 Å². The van der Waals surface area contributed by atoms with E-state index in [0.29, 0.717) is 6.54 Å². The van der Waals surface area contributed by atoms with Crippen LogP contribution in [0, 0.1) is 17.3 Å². The monoisotopic (exact) mass is 293 g/mol. The molecule has 0 radical (unpaired) electrons. The number of nitrogens with zero attached hydrogens (tertiary/aromatic N) is 1. The van der Waals surface area contributed by atoms with E-state index in [0.717, 1.165) is 51.4 Å². The molecule has 0 aromatic rings. The number of carboxylic acids is 1. The zero-order valence-electron chi connectivity index (χ0n) is 12.3. The maximum Gasteiger partial charge on any atom is 0.303 e. The van der Waals surface area contributed by atoms with Crippen molar-refractivity contribution in [2.75, 3.05) is 6.54 Å². The van der Waals surface area contributed by atoms with Crippen molar-refractivity contribution >= 4 is 17.8 Å². The molecule has 3 aliphatic rings. The van der Waals surface area contributed by atoms with Gasteiger partial charge in [0.2, 0.25) is 11.8 Å². The Balaban J connectivity index is 1.78. The fourth-order valence-electron chi connectivity index (χ4n) is 4.56. The van der Waals surface area contributed by atoms with E-state index in [1.54, 1.807) is 0 Å². The van der Waals surface area contributed by atoms with E-state index in [1.807, 2.05) is 0 Å². The highest BCUT2D eigenvalue weighted by atomic mass is 16.4. The molecule has 1 heterocycles. The molecule has 5 heteroatoms. The number of hydrogen-bond acceptors (Lipinski definition) is 3. The molecule has 5 nitrogen and oxygen atoms in total. The first-order valence-electron chi connectivity index (χ1n) is 8.09. The number of carbonyl (C=O) groups excluding carboxylic acids is 2. The molecule has 2 saturated carbocycles. The van der Waals surface area contributed by atoms with Gasteiger partial charge < -0.3 is 5.11 Å². The molecule has 1 N–H and O–H groups in total. The van der Waals surface area contributed by atoms with E-state index in [1.165, 1.54) is 4.90 Å². The van der Waals surface area contributed by atoms with E-state index >= 15 is 0 Å². The van der Waals surface area contributed by atoms with Gasteiger partial charge in [-0.15, -0.1) is 0 Å². The predicted molar refractivity (Wildman–Crippen MR) is 75.3 cm³/mol. The van der Waals surface area contributed by atoms with Gasteiger partial charge in [0.1, 0.15) is 0 Å². The minimum Gasteiger partial charge on any atom is -0.481 e. The van der Waals surface area contributed by atoms with E-state index in [4.69, 9.17) is 0 Å². The normalized spacial score (nSPS) is 31.5. The number of carbonyl (C=O) groups is 3. The van der Waals surface area contributed by atoms with Crippen molar-refractivity contribution in [3.63, 3.8) is 0 Å². The lowest BCUT2D eigenvalue weighted by Gasteiger charge is -2.38. The van der Waals surface area contributed by atoms with Crippen LogP contribution in [0.2, 0.25) is 0 Å². The molecule has 0 aromatic carbocycles. The predicted octanol–water partition coefficient (Wildman–Crippen LogP) is 2.20. The second-order valence-electron chi connectivity index (χ2n) is 7.04. The lowest BCUT2D eigenvalue weighted by Crippen LogP contribution is -2.44. The summed E-state index contributed by atoms with van der Waals surface area (Å²) >= 11 is 0. The first kappa shape index (κ1) is 14.5. The maximum atomic E-state index is 12.5. The summed E-state index contributed by atoms with van der Waals surface area (Å²) in [7, 11) is 0. The second kappa shape index (κ2) is 5.43. The number of imide groups is 1. The van der Waals surface area contributed by atoms with Crippen molar-refractivity contribution in [2.24, 2.45) is 17.3 Å². The van der Waals surface area contributed by atoms with Crippen LogP contribution < -0.4 is 0 Å². The Kier molecular flexibility index (Phi) is 3.76. The molecule has 0 bridgehead atoms. The van der Waals surface area contributed by atoms with Gasteiger partial charge in [-0.2, -0.15) is 0 Å². The highest BCUT2D eigenvalue weighted by Crippen LogP contribution is 2.45. The summed E-state index contributed by atoms with van der Waals surface area (Å²) in [4.78, 5) is 37.5. The summed E-state index contributed by atoms with van der Waals surface area (Å²) in [6.07, 6.45) is 7.40. The molecule has 0 spiro atoms. The highest BCUT2D eigenvalue weighted by Gasteiger charge is 2.51. The van der Waals surface area contributed by atoms with Crippen LogP contribution in [0.15, 0.2) is 0 Å². The van der Waals surface area contributed by atoms with Crippen LogP contribution in [0.1, 0.15) is 57.8 Å². The zero-order chi connectivity index (χ0) is 15.0. The number of aliphatic carboxylic acids is 1. The Bertz CT molecular complexity index is 445. The van der Waals surface area contributed by atoms with Crippen LogP contribution in [0.25, 0.3) is 0 Å². The van der Waals surface area contributed by atoms with Gasteiger partial charge in [-0.25, -0.2) is 0 Å². The van der Waals surface area contributed by atoms with Crippen LogP contribution >= 0.6 is 0 Å². The third kappa shape index (κ3) is 2.58. The first-order chi connectivity index (χ1) is 10.0. The van der Waals surface area contributed by atoms with Gasteiger partial charge in [-0.05, 0) is 31.1 Å². The van der Waals surface area contributed by atoms with E-state index in [2.05, 4.69) is 0 Å². The van der Waals surface area contributed by atoms with Gasteiger partial charge in [0.25, 0.3) is 0 Å². The van der Waals surface area contributed by atoms with Crippen molar-refractivity contribution < 1.29 is 19.5 Å². The molecule has 2 aliphatic carbocycles. The van der Waals surface area contributed by atoms with Crippen molar-refractivity contribution in [3.05, 3.63) is 0 Å². The lowest BCUT2D eigenvalue weighted by molar-refractivity contribution is -0.147. The van der Waals surface area contributed by atoms with Crippen molar-refractivity contribution in [1.82, 2.24) is 4.90 Å². The smallest absolute Gasteiger partial charge is 0.303 e. The van der Waals surface area contributed by atoms with Gasteiger partial charge in [0.15, 0.2) is 0 Å². The van der Waals surface area contributed by atoms with Crippen LogP contribution in [-0.2, 0) is 14.4 Å². The molecule has 21 heavy (non-hydrogen) atoms. The largest absolute Gasteiger partial charge is 0.481 e. The summed E-state index contributed by atoms with van der Waals surface area (Å²) in [6, 6.07) is 0. The minimum absolute atomic E-state index is 0.0437. The van der Waals surface area contributed by atoms with E-state index in [9.17, 15) is 19.5 Å². The lowest BCUT2D eigenvalue weighted by atomic mass is 9.71. The number of likely N-dealkylation sites (tertiary alicyclic amines) is 1. The number of hydrogen-bond donors (Lipinski definition) is 1. The second-order valence-corrected chi connectivity index (χ2v) is 7.04. The zero-order valence-corrected chi connectivity index (χ0v) is 12.3. The maximum absolute atomic E-state index is 12.5. The molecular formula is C16H23NO4. The summed E-state index contributed by atoms with van der Waals surface area (Å²) in [5.74, 6) is -1.15. The standard InChI is InChI=1S/C16H23NO4/c18-13(19)9-16(7-2-1-3-8-16)10-17-14(20)11-5-4-6-12(11)15(17)21/h11-12H,1-10H2,(H,18,19). The Labute approximate surface area is 124 Å². The van der Waals surface area contributed by atoms with Crippen molar-refractivity contribution in [1.29, 1.82) is 0 Å². The SMILES string of the molecule is O=C(O)CC1(CN2C(=O)C3CCCC3C2=O)CCCCC1. The van der Waals surface area contributed by atoms with Gasteiger partial charge in [-0.1, -0.05) is 25.7 Å². The number of amides is 2. The molecule has 116 valence electrons. The molecule has 3 fully saturated rings. The van der Waals surface area contributed by atoms with Crippen LogP contribution in [0.4, 0.5) is 0 Å². The molecule has 2 amide bonds. The molecule has 1 saturated heterocycles. The average molecular weight is 293 g/mol. The molecule has 2 atom stereocenters. The van der Waals surface area contributed by atoms with Crippen LogP contribution in [0.5, 0.6) is 0 Å². The van der Waals surface area contributed by atoms with Gasteiger partial charge in [0, 0.05) is 6.54 Å². The van der Waals surface area contributed by atoms with Gasteiger partial charge >= 0.3 is 5.97 Å². The molecule has 2 unspecified atom stereocenters. The van der Waals surface area contributed by atoms with Gasteiger partial charge in [0.05, 0.1) is 18.3 Å². The summed E-state index contributed by atoms with van der Waals surface area (Å²) in [5, 5.41) is 9.21. The molecule has 1 aliphatic heterocycles. The summed E-state index contributed by atoms with van der Waals surface area (Å²) in [5.41, 5.74) is -0.395. The summed E-state index contributed by atoms with van der Waals surface area (Å²) < 4.78 is 0. The highest BCUT2D eigenvalue weighted by molar-refractivity contribution is 6.05. The minimum atomic E-state index is -0.823. The van der Waals surface area contributed by atoms with E-state index in [-0.39, 0.29) is 30.1 Å². The topological polar surface area (TPSA) is 74.7 Å². The number of fused-ring (bicyclic) bond motifs is 1. The molecular weight excluding hydrogens is 270 g/mol. The Hall–Kier alpha value is -1.39. The fraction of sp³-hybridized carbons (Fsp3) is 0.812. The third-order valence-electron chi connectivity index (χ3n) is 5.62. The summed E-state index contributed by atoms with van der Waals surface area (Å²) in [6.45, 7) is 0.323. The average Bonchev–Trinajstić information content (AvgIpc) is 2.99. The van der Waals surface area contributed by atoms with Gasteiger partial charge in [-0.3, -0.25) is 19.3 Å². The Morgan fingerprint density at radius 2 is 1.62 bits per heavy atom.